The average Bonchev–Trinajstić information content (AvgIpc) is 2.63. The molecule has 26 heavy (non-hydrogen) atoms. The van der Waals surface area contributed by atoms with Crippen molar-refractivity contribution in [3.8, 4) is 0 Å². The number of amides is 1. The molecule has 1 N–H and O–H groups in total. The standard InChI is InChI=1S/C19H21FN2O3S/c1-14-4-2-3-5-18(14)19(23)21-16-10-12-22(13-11-16)26(24,25)17-8-6-15(20)7-9-17/h2-9,16H,10-13H2,1H3,(H,21,23). The van der Waals surface area contributed by atoms with Crippen LogP contribution in [0.15, 0.2) is 53.4 Å². The first-order valence-corrected chi connectivity index (χ1v) is 9.94. The fourth-order valence-corrected chi connectivity index (χ4v) is 4.56. The molecule has 138 valence electrons. The van der Waals surface area contributed by atoms with Crippen molar-refractivity contribution in [3.05, 3.63) is 65.5 Å². The van der Waals surface area contributed by atoms with Crippen molar-refractivity contribution in [1.29, 1.82) is 0 Å². The number of rotatable bonds is 4. The molecule has 1 aliphatic heterocycles. The Morgan fingerprint density at radius 3 is 2.31 bits per heavy atom. The van der Waals surface area contributed by atoms with E-state index >= 15 is 0 Å². The summed E-state index contributed by atoms with van der Waals surface area (Å²) in [6.07, 6.45) is 1.08. The second-order valence-corrected chi connectivity index (χ2v) is 8.36. The fraction of sp³-hybridized carbons (Fsp3) is 0.316. The first-order chi connectivity index (χ1) is 12.4. The molecule has 0 aliphatic carbocycles. The average molecular weight is 376 g/mol. The van der Waals surface area contributed by atoms with Crippen molar-refractivity contribution < 1.29 is 17.6 Å². The zero-order valence-electron chi connectivity index (χ0n) is 14.5. The van der Waals surface area contributed by atoms with Gasteiger partial charge < -0.3 is 5.32 Å². The number of carbonyl (C=O) groups excluding carboxylic acids is 1. The highest BCUT2D eigenvalue weighted by Crippen LogP contribution is 2.21. The lowest BCUT2D eigenvalue weighted by Crippen LogP contribution is -2.46. The molecule has 2 aromatic rings. The van der Waals surface area contributed by atoms with E-state index in [0.29, 0.717) is 31.5 Å². The van der Waals surface area contributed by atoms with Gasteiger partial charge in [-0.05, 0) is 55.7 Å². The molecule has 0 bridgehead atoms. The summed E-state index contributed by atoms with van der Waals surface area (Å²) < 4.78 is 39.6. The Labute approximate surface area is 152 Å². The summed E-state index contributed by atoms with van der Waals surface area (Å²) in [6.45, 7) is 2.52. The third kappa shape index (κ3) is 3.94. The molecule has 1 aliphatic rings. The maximum atomic E-state index is 13.0. The van der Waals surface area contributed by atoms with Crippen LogP contribution in [0.3, 0.4) is 0 Å². The van der Waals surface area contributed by atoms with Gasteiger partial charge in [0.2, 0.25) is 10.0 Å². The first-order valence-electron chi connectivity index (χ1n) is 8.50. The summed E-state index contributed by atoms with van der Waals surface area (Å²) in [5, 5.41) is 2.99. The smallest absolute Gasteiger partial charge is 0.251 e. The normalized spacial score (nSPS) is 16.4. The Bertz CT molecular complexity index is 889. The highest BCUT2D eigenvalue weighted by atomic mass is 32.2. The molecule has 0 unspecified atom stereocenters. The molecule has 7 heteroatoms. The maximum Gasteiger partial charge on any atom is 0.251 e. The lowest BCUT2D eigenvalue weighted by atomic mass is 10.0. The van der Waals surface area contributed by atoms with Gasteiger partial charge in [0, 0.05) is 24.7 Å². The summed E-state index contributed by atoms with van der Waals surface area (Å²) >= 11 is 0. The molecule has 0 atom stereocenters. The quantitative estimate of drug-likeness (QED) is 0.892. The Hall–Kier alpha value is -2.25. The van der Waals surface area contributed by atoms with Crippen LogP contribution >= 0.6 is 0 Å². The van der Waals surface area contributed by atoms with E-state index in [2.05, 4.69) is 5.32 Å². The van der Waals surface area contributed by atoms with E-state index in [1.54, 1.807) is 6.07 Å². The largest absolute Gasteiger partial charge is 0.349 e. The molecule has 0 saturated carbocycles. The van der Waals surface area contributed by atoms with Crippen LogP contribution in [-0.4, -0.2) is 37.8 Å². The molecule has 0 radical (unpaired) electrons. The minimum Gasteiger partial charge on any atom is -0.349 e. The Balaban J connectivity index is 1.61. The second-order valence-electron chi connectivity index (χ2n) is 6.42. The van der Waals surface area contributed by atoms with E-state index in [1.165, 1.54) is 16.4 Å². The van der Waals surface area contributed by atoms with Gasteiger partial charge in [0.1, 0.15) is 5.82 Å². The molecular weight excluding hydrogens is 355 g/mol. The van der Waals surface area contributed by atoms with Crippen molar-refractivity contribution >= 4 is 15.9 Å². The molecule has 5 nitrogen and oxygen atoms in total. The molecule has 1 amide bonds. The van der Waals surface area contributed by atoms with Gasteiger partial charge in [0.05, 0.1) is 4.90 Å². The number of halogens is 1. The molecule has 2 aromatic carbocycles. The lowest BCUT2D eigenvalue weighted by Gasteiger charge is -2.31. The summed E-state index contributed by atoms with van der Waals surface area (Å²) in [5.41, 5.74) is 1.54. The van der Waals surface area contributed by atoms with Crippen molar-refractivity contribution in [2.24, 2.45) is 0 Å². The Morgan fingerprint density at radius 1 is 1.08 bits per heavy atom. The number of nitrogens with one attached hydrogen (secondary N) is 1. The van der Waals surface area contributed by atoms with Crippen LogP contribution in [0, 0.1) is 12.7 Å². The molecule has 3 rings (SSSR count). The van der Waals surface area contributed by atoms with Gasteiger partial charge in [-0.1, -0.05) is 18.2 Å². The van der Waals surface area contributed by atoms with Crippen LogP contribution in [0.5, 0.6) is 0 Å². The Kier molecular flexibility index (Phi) is 5.38. The molecule has 1 heterocycles. The maximum absolute atomic E-state index is 13.0. The van der Waals surface area contributed by atoms with Crippen LogP contribution in [0.4, 0.5) is 4.39 Å². The summed E-state index contributed by atoms with van der Waals surface area (Å²) in [7, 11) is -3.64. The van der Waals surface area contributed by atoms with E-state index in [9.17, 15) is 17.6 Å². The van der Waals surface area contributed by atoms with Gasteiger partial charge in [-0.25, -0.2) is 12.8 Å². The zero-order chi connectivity index (χ0) is 18.7. The number of aryl methyl sites for hydroxylation is 1. The van der Waals surface area contributed by atoms with Gasteiger partial charge in [-0.3, -0.25) is 4.79 Å². The van der Waals surface area contributed by atoms with E-state index < -0.39 is 15.8 Å². The van der Waals surface area contributed by atoms with Crippen molar-refractivity contribution in [1.82, 2.24) is 9.62 Å². The van der Waals surface area contributed by atoms with Crippen molar-refractivity contribution in [2.75, 3.05) is 13.1 Å². The van der Waals surface area contributed by atoms with E-state index in [4.69, 9.17) is 0 Å². The summed E-state index contributed by atoms with van der Waals surface area (Å²) in [4.78, 5) is 12.5. The molecule has 1 saturated heterocycles. The number of hydrogen-bond donors (Lipinski definition) is 1. The summed E-state index contributed by atoms with van der Waals surface area (Å²) in [6, 6.07) is 12.1. The van der Waals surface area contributed by atoms with Gasteiger partial charge in [0.15, 0.2) is 0 Å². The minimum atomic E-state index is -3.64. The molecular formula is C19H21FN2O3S. The highest BCUT2D eigenvalue weighted by molar-refractivity contribution is 7.89. The minimum absolute atomic E-state index is 0.0678. The zero-order valence-corrected chi connectivity index (χ0v) is 15.3. The third-order valence-electron chi connectivity index (χ3n) is 4.63. The topological polar surface area (TPSA) is 66.5 Å². The number of nitrogens with zero attached hydrogens (tertiary/aromatic N) is 1. The number of hydrogen-bond acceptors (Lipinski definition) is 3. The molecule has 1 fully saturated rings. The van der Waals surface area contributed by atoms with Crippen molar-refractivity contribution in [3.63, 3.8) is 0 Å². The van der Waals surface area contributed by atoms with Gasteiger partial charge >= 0.3 is 0 Å². The Morgan fingerprint density at radius 2 is 1.69 bits per heavy atom. The van der Waals surface area contributed by atoms with E-state index in [1.807, 2.05) is 25.1 Å². The predicted octanol–water partition coefficient (Wildman–Crippen LogP) is 2.72. The lowest BCUT2D eigenvalue weighted by molar-refractivity contribution is 0.0923. The SMILES string of the molecule is Cc1ccccc1C(=O)NC1CCN(S(=O)(=O)c2ccc(F)cc2)CC1. The second kappa shape index (κ2) is 7.55. The number of sulfonamides is 1. The number of benzene rings is 2. The van der Waals surface area contributed by atoms with Gasteiger partial charge in [-0.2, -0.15) is 4.31 Å². The van der Waals surface area contributed by atoms with Gasteiger partial charge in [-0.15, -0.1) is 0 Å². The predicted molar refractivity (Wildman–Crippen MR) is 96.8 cm³/mol. The van der Waals surface area contributed by atoms with Crippen LogP contribution in [-0.2, 0) is 10.0 Å². The highest BCUT2D eigenvalue weighted by Gasteiger charge is 2.30. The van der Waals surface area contributed by atoms with E-state index in [0.717, 1.165) is 17.7 Å². The number of piperidine rings is 1. The first kappa shape index (κ1) is 18.5. The third-order valence-corrected chi connectivity index (χ3v) is 6.54. The van der Waals surface area contributed by atoms with Gasteiger partial charge in [0.25, 0.3) is 5.91 Å². The number of carbonyl (C=O) groups is 1. The summed E-state index contributed by atoms with van der Waals surface area (Å²) in [5.74, 6) is -0.607. The molecule has 0 spiro atoms. The van der Waals surface area contributed by atoms with Crippen molar-refractivity contribution in [2.45, 2.75) is 30.7 Å². The van der Waals surface area contributed by atoms with E-state index in [-0.39, 0.29) is 16.8 Å². The fourth-order valence-electron chi connectivity index (χ4n) is 3.09. The van der Waals surface area contributed by atoms with Crippen LogP contribution in [0.25, 0.3) is 0 Å². The van der Waals surface area contributed by atoms with Crippen LogP contribution in [0.1, 0.15) is 28.8 Å². The van der Waals surface area contributed by atoms with Crippen LogP contribution in [0.2, 0.25) is 0 Å². The van der Waals surface area contributed by atoms with Crippen LogP contribution < -0.4 is 5.32 Å². The monoisotopic (exact) mass is 376 g/mol. The molecule has 0 aromatic heterocycles.